The van der Waals surface area contributed by atoms with E-state index in [2.05, 4.69) is 26.9 Å². The highest BCUT2D eigenvalue weighted by Crippen LogP contribution is 2.37. The quantitative estimate of drug-likeness (QED) is 0.672. The van der Waals surface area contributed by atoms with Crippen LogP contribution in [0.1, 0.15) is 46.9 Å². The molecule has 0 bridgehead atoms. The van der Waals surface area contributed by atoms with Crippen LogP contribution >= 0.6 is 11.9 Å². The molecule has 1 saturated heterocycles. The van der Waals surface area contributed by atoms with E-state index in [9.17, 15) is 9.59 Å². The summed E-state index contributed by atoms with van der Waals surface area (Å²) in [6.07, 6.45) is 0.989. The summed E-state index contributed by atoms with van der Waals surface area (Å²) in [5.41, 5.74) is 4.41. The molecule has 130 valence electrons. The van der Waals surface area contributed by atoms with Crippen molar-refractivity contribution in [2.45, 2.75) is 50.6 Å². The number of fused-ring (bicyclic) bond motifs is 1. The molecule has 3 heterocycles. The summed E-state index contributed by atoms with van der Waals surface area (Å²) < 4.78 is 7.50. The molecule has 2 aliphatic rings. The van der Waals surface area contributed by atoms with Gasteiger partial charge in [0.2, 0.25) is 11.8 Å². The van der Waals surface area contributed by atoms with E-state index < -0.39 is 0 Å². The van der Waals surface area contributed by atoms with Crippen LogP contribution in [0.15, 0.2) is 27.6 Å². The van der Waals surface area contributed by atoms with Crippen LogP contribution in [0.25, 0.3) is 0 Å². The van der Waals surface area contributed by atoms with Crippen molar-refractivity contribution in [2.24, 2.45) is 0 Å². The van der Waals surface area contributed by atoms with Gasteiger partial charge >= 0.3 is 0 Å². The molecule has 2 amide bonds. The van der Waals surface area contributed by atoms with E-state index in [1.54, 1.807) is 11.9 Å². The second-order valence-corrected chi connectivity index (χ2v) is 7.68. The predicted octanol–water partition coefficient (Wildman–Crippen LogP) is 2.83. The predicted molar refractivity (Wildman–Crippen MR) is 92.6 cm³/mol. The lowest BCUT2D eigenvalue weighted by atomic mass is 9.89. The van der Waals surface area contributed by atoms with Gasteiger partial charge in [0, 0.05) is 19.5 Å². The molecule has 0 saturated carbocycles. The van der Waals surface area contributed by atoms with Crippen LogP contribution in [-0.2, 0) is 22.7 Å². The number of nitrogens with zero attached hydrogens (tertiary/aromatic N) is 2. The fourth-order valence-electron chi connectivity index (χ4n) is 3.41. The number of carbonyl (C=O) groups is 2. The van der Waals surface area contributed by atoms with E-state index in [1.165, 1.54) is 11.1 Å². The molecular formula is C18H19N3O3S. The minimum atomic E-state index is -0.229. The fraction of sp³-hybridized carbons (Fsp3) is 0.389. The molecule has 1 aromatic carbocycles. The van der Waals surface area contributed by atoms with Gasteiger partial charge in [-0.05, 0) is 48.9 Å². The SMILES string of the molecule is Cc1noc(C)c1SN1Cc2ccc(C3CCC(=O)NC3=O)cc2C1. The Morgan fingerprint density at radius 2 is 2.04 bits per heavy atom. The minimum absolute atomic E-state index is 0.176. The molecule has 6 nitrogen and oxygen atoms in total. The van der Waals surface area contributed by atoms with Crippen LogP contribution in [0.3, 0.4) is 0 Å². The van der Waals surface area contributed by atoms with Crippen molar-refractivity contribution in [3.8, 4) is 0 Å². The van der Waals surface area contributed by atoms with E-state index in [1.807, 2.05) is 19.9 Å². The van der Waals surface area contributed by atoms with Crippen molar-refractivity contribution in [2.75, 3.05) is 0 Å². The summed E-state index contributed by atoms with van der Waals surface area (Å²) in [6.45, 7) is 5.53. The molecule has 2 aromatic rings. The molecule has 25 heavy (non-hydrogen) atoms. The van der Waals surface area contributed by atoms with Crippen molar-refractivity contribution in [3.05, 3.63) is 46.3 Å². The second kappa shape index (κ2) is 6.31. The van der Waals surface area contributed by atoms with Gasteiger partial charge in [0.1, 0.15) is 5.76 Å². The number of rotatable bonds is 3. The van der Waals surface area contributed by atoms with E-state index in [-0.39, 0.29) is 17.7 Å². The molecular weight excluding hydrogens is 338 g/mol. The summed E-state index contributed by atoms with van der Waals surface area (Å²) >= 11 is 1.66. The van der Waals surface area contributed by atoms with Gasteiger partial charge < -0.3 is 4.52 Å². The Morgan fingerprint density at radius 3 is 2.76 bits per heavy atom. The zero-order valence-corrected chi connectivity index (χ0v) is 15.0. The maximum Gasteiger partial charge on any atom is 0.234 e. The normalized spacial score (nSPS) is 20.6. The highest BCUT2D eigenvalue weighted by Gasteiger charge is 2.30. The number of nitrogens with one attached hydrogen (secondary N) is 1. The molecule has 1 aromatic heterocycles. The van der Waals surface area contributed by atoms with E-state index >= 15 is 0 Å². The third-order valence-corrected chi connectivity index (χ3v) is 6.04. The molecule has 4 rings (SSSR count). The fourth-order valence-corrected chi connectivity index (χ4v) is 4.41. The van der Waals surface area contributed by atoms with Crippen molar-refractivity contribution in [1.82, 2.24) is 14.8 Å². The highest BCUT2D eigenvalue weighted by atomic mass is 32.2. The van der Waals surface area contributed by atoms with Crippen molar-refractivity contribution in [3.63, 3.8) is 0 Å². The van der Waals surface area contributed by atoms with Crippen molar-refractivity contribution >= 4 is 23.8 Å². The van der Waals surface area contributed by atoms with E-state index in [0.29, 0.717) is 12.8 Å². The van der Waals surface area contributed by atoms with Crippen LogP contribution in [0.2, 0.25) is 0 Å². The first-order chi connectivity index (χ1) is 12.0. The van der Waals surface area contributed by atoms with Crippen LogP contribution in [0.4, 0.5) is 0 Å². The number of aromatic nitrogens is 1. The van der Waals surface area contributed by atoms with Crippen LogP contribution in [-0.4, -0.2) is 21.3 Å². The first kappa shape index (κ1) is 16.4. The zero-order chi connectivity index (χ0) is 17.6. The molecule has 0 radical (unpaired) electrons. The number of piperidine rings is 1. The average molecular weight is 357 g/mol. The van der Waals surface area contributed by atoms with E-state index in [4.69, 9.17) is 4.52 Å². The summed E-state index contributed by atoms with van der Waals surface area (Å²) in [5, 5.41) is 6.44. The van der Waals surface area contributed by atoms with Gasteiger partial charge in [0.15, 0.2) is 0 Å². The van der Waals surface area contributed by atoms with E-state index in [0.717, 1.165) is 35.0 Å². The first-order valence-corrected chi connectivity index (χ1v) is 9.10. The number of hydrogen-bond donors (Lipinski definition) is 1. The van der Waals surface area contributed by atoms with Gasteiger partial charge in [0.25, 0.3) is 0 Å². The van der Waals surface area contributed by atoms with Gasteiger partial charge in [-0.1, -0.05) is 23.4 Å². The third kappa shape index (κ3) is 3.09. The van der Waals surface area contributed by atoms with Crippen molar-refractivity contribution < 1.29 is 14.1 Å². The van der Waals surface area contributed by atoms with Gasteiger partial charge in [0.05, 0.1) is 16.5 Å². The molecule has 0 spiro atoms. The average Bonchev–Trinajstić information content (AvgIpc) is 3.12. The maximum absolute atomic E-state index is 12.1. The maximum atomic E-state index is 12.1. The van der Waals surface area contributed by atoms with Crippen LogP contribution in [0.5, 0.6) is 0 Å². The van der Waals surface area contributed by atoms with Crippen molar-refractivity contribution in [1.29, 1.82) is 0 Å². The van der Waals surface area contributed by atoms with Gasteiger partial charge in [-0.25, -0.2) is 4.31 Å². The first-order valence-electron chi connectivity index (χ1n) is 8.32. The minimum Gasteiger partial charge on any atom is -0.360 e. The summed E-state index contributed by atoms with van der Waals surface area (Å²) in [6, 6.07) is 6.23. The van der Waals surface area contributed by atoms with Crippen LogP contribution < -0.4 is 5.32 Å². The summed E-state index contributed by atoms with van der Waals surface area (Å²) in [7, 11) is 0. The Bertz CT molecular complexity index is 842. The summed E-state index contributed by atoms with van der Waals surface area (Å²) in [4.78, 5) is 24.5. The monoisotopic (exact) mass is 357 g/mol. The molecule has 1 fully saturated rings. The number of benzene rings is 1. The Labute approximate surface area is 150 Å². The standard InChI is InChI=1S/C18H19N3O3S/c1-10-17(11(2)24-20-10)25-21-8-13-4-3-12(7-14(13)9-21)15-5-6-16(22)19-18(15)23/h3-4,7,15H,5-6,8-9H2,1-2H3,(H,19,22,23). The lowest BCUT2D eigenvalue weighted by molar-refractivity contribution is -0.134. The lowest BCUT2D eigenvalue weighted by Crippen LogP contribution is -2.39. The largest absolute Gasteiger partial charge is 0.360 e. The Kier molecular flexibility index (Phi) is 4.13. The molecule has 1 atom stereocenters. The number of aryl methyl sites for hydroxylation is 2. The Morgan fingerprint density at radius 1 is 1.24 bits per heavy atom. The molecule has 2 aliphatic heterocycles. The number of hydrogen-bond acceptors (Lipinski definition) is 6. The third-order valence-electron chi connectivity index (χ3n) is 4.75. The van der Waals surface area contributed by atoms with Crippen LogP contribution in [0, 0.1) is 13.8 Å². The summed E-state index contributed by atoms with van der Waals surface area (Å²) in [5.74, 6) is 0.246. The molecule has 1 unspecified atom stereocenters. The second-order valence-electron chi connectivity index (χ2n) is 6.57. The smallest absolute Gasteiger partial charge is 0.234 e. The molecule has 7 heteroatoms. The van der Waals surface area contributed by atoms with Gasteiger partial charge in [-0.15, -0.1) is 0 Å². The molecule has 0 aliphatic carbocycles. The van der Waals surface area contributed by atoms with Gasteiger partial charge in [-0.3, -0.25) is 14.9 Å². The topological polar surface area (TPSA) is 75.4 Å². The number of carbonyl (C=O) groups excluding carboxylic acids is 2. The Hall–Kier alpha value is -2.12. The lowest BCUT2D eigenvalue weighted by Gasteiger charge is -2.21. The number of imide groups is 1. The van der Waals surface area contributed by atoms with Gasteiger partial charge in [-0.2, -0.15) is 0 Å². The Balaban J connectivity index is 1.51. The number of amides is 2. The zero-order valence-electron chi connectivity index (χ0n) is 14.2. The molecule has 1 N–H and O–H groups in total. The highest BCUT2D eigenvalue weighted by molar-refractivity contribution is 7.97.